The standard InChI is InChI=1S/C9H13IN2S/c1-7-8(10)6-13-9(7)12-4-2-11-3-5-12/h6,11H,2-5H2,1H3. The molecule has 0 amide bonds. The highest BCUT2D eigenvalue weighted by Gasteiger charge is 2.15. The normalized spacial score (nSPS) is 17.8. The molecule has 1 aliphatic heterocycles. The van der Waals surface area contributed by atoms with Crippen LogP contribution >= 0.6 is 33.9 Å². The summed E-state index contributed by atoms with van der Waals surface area (Å²) in [4.78, 5) is 2.48. The van der Waals surface area contributed by atoms with Gasteiger partial charge in [-0.3, -0.25) is 0 Å². The predicted molar refractivity (Wildman–Crippen MR) is 66.9 cm³/mol. The van der Waals surface area contributed by atoms with Gasteiger partial charge in [0, 0.05) is 35.1 Å². The molecule has 1 N–H and O–H groups in total. The minimum atomic E-state index is 1.12. The molecule has 0 bridgehead atoms. The van der Waals surface area contributed by atoms with E-state index in [0.717, 1.165) is 26.2 Å². The van der Waals surface area contributed by atoms with Crippen molar-refractivity contribution in [1.82, 2.24) is 5.32 Å². The van der Waals surface area contributed by atoms with Gasteiger partial charge >= 0.3 is 0 Å². The number of halogens is 1. The Hall–Kier alpha value is 0.190. The van der Waals surface area contributed by atoms with Gasteiger partial charge in [-0.15, -0.1) is 11.3 Å². The fourth-order valence-electron chi connectivity index (χ4n) is 1.57. The molecule has 2 heterocycles. The molecule has 2 rings (SSSR count). The minimum absolute atomic E-state index is 1.12. The third-order valence-electron chi connectivity index (χ3n) is 2.36. The largest absolute Gasteiger partial charge is 0.361 e. The number of rotatable bonds is 1. The van der Waals surface area contributed by atoms with Crippen LogP contribution in [-0.2, 0) is 0 Å². The molecule has 0 aromatic carbocycles. The first-order valence-electron chi connectivity index (χ1n) is 4.48. The molecule has 4 heteroatoms. The smallest absolute Gasteiger partial charge is 0.0950 e. The zero-order valence-electron chi connectivity index (χ0n) is 7.64. The average Bonchev–Trinajstić information content (AvgIpc) is 2.49. The molecule has 1 aromatic rings. The lowest BCUT2D eigenvalue weighted by atomic mass is 10.3. The van der Waals surface area contributed by atoms with Crippen LogP contribution in [0.15, 0.2) is 5.38 Å². The zero-order valence-corrected chi connectivity index (χ0v) is 10.6. The van der Waals surface area contributed by atoms with Crippen molar-refractivity contribution in [3.8, 4) is 0 Å². The molecule has 0 unspecified atom stereocenters. The Bertz CT molecular complexity index is 292. The first-order valence-corrected chi connectivity index (χ1v) is 6.44. The molecule has 2 nitrogen and oxygen atoms in total. The van der Waals surface area contributed by atoms with Crippen molar-refractivity contribution in [3.05, 3.63) is 14.5 Å². The van der Waals surface area contributed by atoms with Crippen molar-refractivity contribution >= 4 is 38.9 Å². The van der Waals surface area contributed by atoms with Crippen LogP contribution in [0.25, 0.3) is 0 Å². The molecule has 72 valence electrons. The Morgan fingerprint density at radius 1 is 1.46 bits per heavy atom. The zero-order chi connectivity index (χ0) is 9.26. The van der Waals surface area contributed by atoms with E-state index >= 15 is 0 Å². The van der Waals surface area contributed by atoms with Gasteiger partial charge in [0.15, 0.2) is 0 Å². The van der Waals surface area contributed by atoms with Crippen molar-refractivity contribution < 1.29 is 0 Å². The molecule has 13 heavy (non-hydrogen) atoms. The van der Waals surface area contributed by atoms with Crippen molar-refractivity contribution in [2.24, 2.45) is 0 Å². The van der Waals surface area contributed by atoms with Crippen LogP contribution in [0.1, 0.15) is 5.56 Å². The second-order valence-corrected chi connectivity index (χ2v) is 5.27. The third kappa shape index (κ3) is 1.99. The fraction of sp³-hybridized carbons (Fsp3) is 0.556. The molecule has 0 radical (unpaired) electrons. The van der Waals surface area contributed by atoms with E-state index in [1.807, 2.05) is 11.3 Å². The quantitative estimate of drug-likeness (QED) is 0.799. The van der Waals surface area contributed by atoms with Gasteiger partial charge in [0.1, 0.15) is 0 Å². The topological polar surface area (TPSA) is 15.3 Å². The van der Waals surface area contributed by atoms with Crippen LogP contribution in [0.2, 0.25) is 0 Å². The van der Waals surface area contributed by atoms with Crippen LogP contribution in [-0.4, -0.2) is 26.2 Å². The molecule has 1 saturated heterocycles. The van der Waals surface area contributed by atoms with Gasteiger partial charge in [0.25, 0.3) is 0 Å². The van der Waals surface area contributed by atoms with E-state index in [4.69, 9.17) is 0 Å². The number of piperazine rings is 1. The summed E-state index contributed by atoms with van der Waals surface area (Å²) in [5, 5.41) is 7.08. The van der Waals surface area contributed by atoms with E-state index in [1.165, 1.54) is 14.1 Å². The van der Waals surface area contributed by atoms with E-state index in [0.29, 0.717) is 0 Å². The number of nitrogens with one attached hydrogen (secondary N) is 1. The summed E-state index contributed by atoms with van der Waals surface area (Å²) in [6.45, 7) is 6.76. The average molecular weight is 308 g/mol. The molecule has 1 fully saturated rings. The van der Waals surface area contributed by atoms with Gasteiger partial charge in [0.05, 0.1) is 5.00 Å². The maximum absolute atomic E-state index is 3.37. The lowest BCUT2D eigenvalue weighted by molar-refractivity contribution is 0.591. The van der Waals surface area contributed by atoms with Crippen molar-refractivity contribution in [2.45, 2.75) is 6.92 Å². The van der Waals surface area contributed by atoms with Crippen molar-refractivity contribution in [1.29, 1.82) is 0 Å². The maximum atomic E-state index is 3.37. The highest BCUT2D eigenvalue weighted by Crippen LogP contribution is 2.31. The van der Waals surface area contributed by atoms with Crippen LogP contribution < -0.4 is 10.2 Å². The Kier molecular flexibility index (Phi) is 3.10. The lowest BCUT2D eigenvalue weighted by Gasteiger charge is -2.28. The summed E-state index contributed by atoms with van der Waals surface area (Å²) >= 11 is 4.28. The predicted octanol–water partition coefficient (Wildman–Crippen LogP) is 2.07. The number of thiophene rings is 1. The number of nitrogens with zero attached hydrogens (tertiary/aromatic N) is 1. The first-order chi connectivity index (χ1) is 6.29. The Balaban J connectivity index is 2.18. The molecule has 0 atom stereocenters. The van der Waals surface area contributed by atoms with E-state index in [2.05, 4.69) is 45.1 Å². The first kappa shape index (κ1) is 9.73. The second-order valence-electron chi connectivity index (χ2n) is 3.25. The monoisotopic (exact) mass is 308 g/mol. The van der Waals surface area contributed by atoms with Gasteiger partial charge in [-0.25, -0.2) is 0 Å². The van der Waals surface area contributed by atoms with Crippen LogP contribution in [0.3, 0.4) is 0 Å². The molecule has 1 aliphatic rings. The molecule has 0 spiro atoms. The van der Waals surface area contributed by atoms with Gasteiger partial charge in [-0.2, -0.15) is 0 Å². The lowest BCUT2D eigenvalue weighted by Crippen LogP contribution is -2.43. The summed E-state index contributed by atoms with van der Waals surface area (Å²) in [5.41, 5.74) is 1.45. The SMILES string of the molecule is Cc1c(I)csc1N1CCNCC1. The Morgan fingerprint density at radius 2 is 2.15 bits per heavy atom. The fourth-order valence-corrected chi connectivity index (χ4v) is 3.40. The minimum Gasteiger partial charge on any atom is -0.361 e. The number of hydrogen-bond acceptors (Lipinski definition) is 3. The molecule has 0 aliphatic carbocycles. The van der Waals surface area contributed by atoms with E-state index in [-0.39, 0.29) is 0 Å². The van der Waals surface area contributed by atoms with E-state index < -0.39 is 0 Å². The summed E-state index contributed by atoms with van der Waals surface area (Å²) in [6.07, 6.45) is 0. The number of anilines is 1. The van der Waals surface area contributed by atoms with Crippen molar-refractivity contribution in [2.75, 3.05) is 31.1 Å². The number of hydrogen-bond donors (Lipinski definition) is 1. The summed E-state index contributed by atoms with van der Waals surface area (Å²) in [5.74, 6) is 0. The van der Waals surface area contributed by atoms with Gasteiger partial charge < -0.3 is 10.2 Å². The molecule has 1 aromatic heterocycles. The van der Waals surface area contributed by atoms with Gasteiger partial charge in [-0.05, 0) is 35.1 Å². The second kappa shape index (κ2) is 4.14. The van der Waals surface area contributed by atoms with Crippen LogP contribution in [0.4, 0.5) is 5.00 Å². The highest BCUT2D eigenvalue weighted by atomic mass is 127. The molecular formula is C9H13IN2S. The molecular weight excluding hydrogens is 295 g/mol. The van der Waals surface area contributed by atoms with E-state index in [1.54, 1.807) is 0 Å². The summed E-state index contributed by atoms with van der Waals surface area (Å²) in [6, 6.07) is 0. The maximum Gasteiger partial charge on any atom is 0.0950 e. The Labute approximate surface area is 96.5 Å². The van der Waals surface area contributed by atoms with Crippen LogP contribution in [0, 0.1) is 10.5 Å². The van der Waals surface area contributed by atoms with Gasteiger partial charge in [-0.1, -0.05) is 0 Å². The van der Waals surface area contributed by atoms with E-state index in [9.17, 15) is 0 Å². The summed E-state index contributed by atoms with van der Waals surface area (Å²) in [7, 11) is 0. The molecule has 0 saturated carbocycles. The van der Waals surface area contributed by atoms with Gasteiger partial charge in [0.2, 0.25) is 0 Å². The summed E-state index contributed by atoms with van der Waals surface area (Å²) < 4.78 is 1.40. The third-order valence-corrected chi connectivity index (χ3v) is 5.04. The Morgan fingerprint density at radius 3 is 2.69 bits per heavy atom. The highest BCUT2D eigenvalue weighted by molar-refractivity contribution is 14.1. The van der Waals surface area contributed by atoms with Crippen LogP contribution in [0.5, 0.6) is 0 Å². The van der Waals surface area contributed by atoms with Crippen molar-refractivity contribution in [3.63, 3.8) is 0 Å².